The van der Waals surface area contributed by atoms with Gasteiger partial charge in [-0.15, -0.1) is 0 Å². The number of nitrogens with zero attached hydrogens (tertiary/aromatic N) is 1. The summed E-state index contributed by atoms with van der Waals surface area (Å²) in [7, 11) is -1.15. The molecular formula is C14H22BNO3. The molecule has 1 fully saturated rings. The van der Waals surface area contributed by atoms with Crippen LogP contribution in [0.3, 0.4) is 0 Å². The molecule has 2 heterocycles. The van der Waals surface area contributed by atoms with Crippen LogP contribution in [-0.2, 0) is 9.31 Å². The Morgan fingerprint density at radius 1 is 1.37 bits per heavy atom. The number of hydrogen-bond acceptors (Lipinski definition) is 4. The predicted octanol–water partition coefficient (Wildman–Crippen LogP) is 2.17. The van der Waals surface area contributed by atoms with Crippen LogP contribution in [0.25, 0.3) is 0 Å². The van der Waals surface area contributed by atoms with Gasteiger partial charge in [-0.05, 0) is 46.2 Å². The summed E-state index contributed by atoms with van der Waals surface area (Å²) in [4.78, 5) is 3.83. The quantitative estimate of drug-likeness (QED) is 0.788. The summed E-state index contributed by atoms with van der Waals surface area (Å²) in [5.74, 6) is -0.853. The fourth-order valence-electron chi connectivity index (χ4n) is 1.48. The third kappa shape index (κ3) is 2.93. The third-order valence-electron chi connectivity index (χ3n) is 3.26. The second-order valence-corrected chi connectivity index (χ2v) is 5.11. The fraction of sp³-hybridized carbons (Fsp3) is 0.643. The molecule has 1 saturated heterocycles. The minimum absolute atomic E-state index is 0.189. The van der Waals surface area contributed by atoms with Crippen LogP contribution >= 0.6 is 0 Å². The van der Waals surface area contributed by atoms with E-state index in [1.54, 1.807) is 27.7 Å². The number of rotatable bonds is 4. The first-order valence-electron chi connectivity index (χ1n) is 10.8. The number of pyridine rings is 1. The minimum atomic E-state index is -3.45. The molecule has 0 spiro atoms. The van der Waals surface area contributed by atoms with E-state index in [2.05, 4.69) is 4.98 Å². The molecule has 0 aliphatic carbocycles. The van der Waals surface area contributed by atoms with Crippen molar-refractivity contribution in [1.82, 2.24) is 4.98 Å². The molecule has 0 bridgehead atoms. The lowest BCUT2D eigenvalue weighted by molar-refractivity contribution is 0.00578. The maximum Gasteiger partial charge on any atom is 0.514 e. The molecule has 1 aliphatic heterocycles. The minimum Gasteiger partial charge on any atom is -0.492 e. The van der Waals surface area contributed by atoms with Crippen molar-refractivity contribution < 1.29 is 27.8 Å². The van der Waals surface area contributed by atoms with Gasteiger partial charge in [0.1, 0.15) is 5.75 Å². The molecule has 0 saturated carbocycles. The molecule has 2 rings (SSSR count). The second-order valence-electron chi connectivity index (χ2n) is 5.11. The summed E-state index contributed by atoms with van der Waals surface area (Å²) in [6, 6.07) is -1.33. The zero-order chi connectivity index (χ0) is 22.8. The lowest BCUT2D eigenvalue weighted by Gasteiger charge is -2.32. The van der Waals surface area contributed by atoms with Gasteiger partial charge in [-0.25, -0.2) is 0 Å². The molecule has 0 amide bonds. The number of aromatic nitrogens is 1. The van der Waals surface area contributed by atoms with Gasteiger partial charge in [0.25, 0.3) is 0 Å². The summed E-state index contributed by atoms with van der Waals surface area (Å²) in [5.41, 5.74) is -1.72. The summed E-state index contributed by atoms with van der Waals surface area (Å²) in [6.45, 7) is 0.265. The van der Waals surface area contributed by atoms with Crippen molar-refractivity contribution >= 4 is 12.7 Å². The van der Waals surface area contributed by atoms with Crippen molar-refractivity contribution in [3.63, 3.8) is 0 Å². The van der Waals surface area contributed by atoms with Crippen LogP contribution in [0.4, 0.5) is 0 Å². The van der Waals surface area contributed by atoms with E-state index >= 15 is 0 Å². The van der Waals surface area contributed by atoms with Crippen molar-refractivity contribution in [2.24, 2.45) is 0 Å². The van der Waals surface area contributed by atoms with Crippen LogP contribution in [0.2, 0.25) is 0 Å². The average molecular weight is 273 g/mol. The predicted molar refractivity (Wildman–Crippen MR) is 75.7 cm³/mol. The molecule has 4 nitrogen and oxygen atoms in total. The Morgan fingerprint density at radius 3 is 2.68 bits per heavy atom. The Labute approximate surface area is 129 Å². The van der Waals surface area contributed by atoms with Crippen molar-refractivity contribution in [3.8, 4) is 5.75 Å². The summed E-state index contributed by atoms with van der Waals surface area (Å²) in [6.07, 6.45) is -4.23. The molecule has 0 unspecified atom stereocenters. The molecule has 1 aliphatic rings. The van der Waals surface area contributed by atoms with Crippen LogP contribution in [-0.4, -0.2) is 29.9 Å². The van der Waals surface area contributed by atoms with Gasteiger partial charge in [-0.1, -0.05) is 6.85 Å². The van der Waals surface area contributed by atoms with Crippen molar-refractivity contribution in [2.75, 3.05) is 6.56 Å². The van der Waals surface area contributed by atoms with Crippen molar-refractivity contribution in [1.29, 1.82) is 0 Å². The van der Waals surface area contributed by atoms with E-state index < -0.39 is 62.1 Å². The van der Waals surface area contributed by atoms with E-state index in [0.29, 0.717) is 0 Å². The maximum atomic E-state index is 8.14. The number of hydrogen-bond donors (Lipinski definition) is 0. The number of ether oxygens (including phenoxy) is 1. The first kappa shape index (κ1) is 6.14. The van der Waals surface area contributed by atoms with Crippen LogP contribution in [0.15, 0.2) is 18.3 Å². The highest BCUT2D eigenvalue weighted by molar-refractivity contribution is 6.61. The standard InChI is InChI=1S/C14H22BNO3/c1-6-9-17-11-7-8-12(16-10-11)15-18-13(2,3)14(4,5)19-15/h7-8,10H,6,9H2,1-5H3/i1D3,6D2,7D,8D,9D2,10D. The van der Waals surface area contributed by atoms with Gasteiger partial charge in [0.15, 0.2) is 0 Å². The van der Waals surface area contributed by atoms with Gasteiger partial charge in [-0.2, -0.15) is 0 Å². The van der Waals surface area contributed by atoms with Gasteiger partial charge >= 0.3 is 7.12 Å². The SMILES string of the molecule is [2H]c1nc(B2OC(C)(C)C(C)(C)O2)c([2H])c([2H])c1OC([2H])([2H])C([2H])([2H])C([2H])([2H])[2H]. The Kier molecular flexibility index (Phi) is 1.66. The molecular weight excluding hydrogens is 241 g/mol. The van der Waals surface area contributed by atoms with E-state index in [0.717, 1.165) is 0 Å². The van der Waals surface area contributed by atoms with E-state index in [4.69, 9.17) is 27.8 Å². The Morgan fingerprint density at radius 2 is 2.05 bits per heavy atom. The molecule has 19 heavy (non-hydrogen) atoms. The molecule has 0 aromatic carbocycles. The molecule has 0 radical (unpaired) electrons. The highest BCUT2D eigenvalue weighted by Crippen LogP contribution is 2.36. The van der Waals surface area contributed by atoms with Crippen LogP contribution < -0.4 is 10.3 Å². The van der Waals surface area contributed by atoms with Crippen LogP contribution in [0, 0.1) is 0 Å². The van der Waals surface area contributed by atoms with Gasteiger partial charge in [0, 0.05) is 6.85 Å². The van der Waals surface area contributed by atoms with Crippen molar-refractivity contribution in [3.05, 3.63) is 18.3 Å². The van der Waals surface area contributed by atoms with Crippen LogP contribution in [0.5, 0.6) is 5.75 Å². The molecule has 104 valence electrons. The van der Waals surface area contributed by atoms with E-state index in [-0.39, 0.29) is 5.59 Å². The van der Waals surface area contributed by atoms with Gasteiger partial charge < -0.3 is 14.0 Å². The molecule has 5 heteroatoms. The largest absolute Gasteiger partial charge is 0.514 e. The Hall–Kier alpha value is -1.07. The molecule has 0 atom stereocenters. The van der Waals surface area contributed by atoms with E-state index in [1.165, 1.54) is 0 Å². The normalized spacial score (nSPS) is 30.4. The zero-order valence-electron chi connectivity index (χ0n) is 21.2. The summed E-state index contributed by atoms with van der Waals surface area (Å²) in [5, 5.41) is 0. The molecule has 1 aromatic rings. The third-order valence-corrected chi connectivity index (χ3v) is 3.26. The van der Waals surface area contributed by atoms with Crippen molar-refractivity contribution in [2.45, 2.75) is 52.1 Å². The van der Waals surface area contributed by atoms with Gasteiger partial charge in [0.05, 0.1) is 36.4 Å². The maximum absolute atomic E-state index is 8.14. The van der Waals surface area contributed by atoms with E-state index in [9.17, 15) is 0 Å². The van der Waals surface area contributed by atoms with Gasteiger partial charge in [0.2, 0.25) is 0 Å². The average Bonchev–Trinajstić information content (AvgIpc) is 2.74. The highest BCUT2D eigenvalue weighted by atomic mass is 16.7. The Bertz CT molecular complexity index is 796. The summed E-state index contributed by atoms with van der Waals surface area (Å²) >= 11 is 0. The molecule has 0 N–H and O–H groups in total. The lowest BCUT2D eigenvalue weighted by atomic mass is 9.84. The fourth-order valence-corrected chi connectivity index (χ4v) is 1.48. The zero-order valence-corrected chi connectivity index (χ0v) is 11.2. The molecule has 1 aromatic heterocycles. The van der Waals surface area contributed by atoms with Gasteiger partial charge in [-0.3, -0.25) is 4.98 Å². The lowest BCUT2D eigenvalue weighted by Crippen LogP contribution is -2.41. The summed E-state index contributed by atoms with van der Waals surface area (Å²) < 4.78 is 92.6. The highest BCUT2D eigenvalue weighted by Gasteiger charge is 2.52. The first-order chi connectivity index (χ1) is 12.8. The monoisotopic (exact) mass is 273 g/mol. The van der Waals surface area contributed by atoms with Crippen LogP contribution in [0.1, 0.15) is 54.6 Å². The first-order valence-corrected chi connectivity index (χ1v) is 5.77. The smallest absolute Gasteiger partial charge is 0.492 e. The Balaban J connectivity index is 2.46. The van der Waals surface area contributed by atoms with E-state index in [1.807, 2.05) is 0 Å². The second kappa shape index (κ2) is 5.14. The topological polar surface area (TPSA) is 40.6 Å².